The molecule has 0 unspecified atom stereocenters. The van der Waals surface area contributed by atoms with Gasteiger partial charge >= 0.3 is 0 Å². The zero-order valence-electron chi connectivity index (χ0n) is 7.26. The van der Waals surface area contributed by atoms with Crippen LogP contribution in [0, 0.1) is 5.92 Å². The molecule has 2 nitrogen and oxygen atoms in total. The number of aliphatic imine (C=N–C) groups is 1. The van der Waals surface area contributed by atoms with Gasteiger partial charge in [-0.15, -0.1) is 0 Å². The molecule has 2 heteroatoms. The minimum absolute atomic E-state index is 0.466. The Labute approximate surface area is 63.3 Å². The van der Waals surface area contributed by atoms with E-state index in [1.807, 2.05) is 19.0 Å². The van der Waals surface area contributed by atoms with Gasteiger partial charge in [0.05, 0.1) is 0 Å². The Hall–Kier alpha value is -0.790. The van der Waals surface area contributed by atoms with Crippen LogP contribution in [0.15, 0.2) is 17.8 Å². The average Bonchev–Trinajstić information content (AvgIpc) is 1.81. The Balaban J connectivity index is 4.26. The largest absolute Gasteiger partial charge is 0.366 e. The quantitative estimate of drug-likeness (QED) is 0.421. The zero-order chi connectivity index (χ0) is 8.15. The summed E-state index contributed by atoms with van der Waals surface area (Å²) < 4.78 is 0. The molecule has 0 aliphatic rings. The lowest BCUT2D eigenvalue weighted by Crippen LogP contribution is -2.26. The van der Waals surface area contributed by atoms with Crippen LogP contribution in [-0.4, -0.2) is 24.8 Å². The molecule has 0 aliphatic heterocycles. The van der Waals surface area contributed by atoms with Crippen molar-refractivity contribution in [2.24, 2.45) is 10.9 Å². The molecule has 0 amide bonds. The van der Waals surface area contributed by atoms with Crippen LogP contribution in [0.4, 0.5) is 0 Å². The third kappa shape index (κ3) is 2.67. The van der Waals surface area contributed by atoms with Gasteiger partial charge in [-0.2, -0.15) is 0 Å². The van der Waals surface area contributed by atoms with E-state index in [4.69, 9.17) is 0 Å². The van der Waals surface area contributed by atoms with Crippen LogP contribution in [0.1, 0.15) is 13.8 Å². The molecule has 0 fully saturated rings. The van der Waals surface area contributed by atoms with Gasteiger partial charge in [0.2, 0.25) is 0 Å². The minimum Gasteiger partial charge on any atom is -0.366 e. The molecule has 58 valence electrons. The number of hydrogen-bond donors (Lipinski definition) is 0. The van der Waals surface area contributed by atoms with Gasteiger partial charge in [-0.25, -0.2) is 4.99 Å². The van der Waals surface area contributed by atoms with Crippen LogP contribution in [-0.2, 0) is 0 Å². The van der Waals surface area contributed by atoms with Gasteiger partial charge in [0.25, 0.3) is 0 Å². The number of rotatable bonds is 2. The van der Waals surface area contributed by atoms with Crippen molar-refractivity contribution in [3.05, 3.63) is 12.8 Å². The Morgan fingerprint density at radius 3 is 2.10 bits per heavy atom. The van der Waals surface area contributed by atoms with Gasteiger partial charge in [-0.05, 0) is 0 Å². The highest BCUT2D eigenvalue weighted by Gasteiger charge is 2.04. The molecule has 0 spiro atoms. The normalized spacial score (nSPS) is 11.9. The molecule has 0 atom stereocenters. The second kappa shape index (κ2) is 4.09. The fourth-order valence-corrected chi connectivity index (χ4v) is 0.874. The van der Waals surface area contributed by atoms with Crippen LogP contribution in [0.3, 0.4) is 0 Å². The topological polar surface area (TPSA) is 15.6 Å². The average molecular weight is 140 g/mol. The summed E-state index contributed by atoms with van der Waals surface area (Å²) in [7, 11) is 3.98. The van der Waals surface area contributed by atoms with E-state index in [1.54, 1.807) is 6.20 Å². The molecule has 0 bridgehead atoms. The first-order valence-corrected chi connectivity index (χ1v) is 3.45. The molecule has 0 N–H and O–H groups in total. The lowest BCUT2D eigenvalue weighted by atomic mass is 10.2. The zero-order valence-corrected chi connectivity index (χ0v) is 7.26. The van der Waals surface area contributed by atoms with Gasteiger partial charge < -0.3 is 4.90 Å². The van der Waals surface area contributed by atoms with E-state index in [0.717, 1.165) is 5.84 Å². The maximum atomic E-state index is 4.13. The lowest BCUT2D eigenvalue weighted by molar-refractivity contribution is 0.575. The molecule has 0 radical (unpaired) electrons. The van der Waals surface area contributed by atoms with Crippen LogP contribution >= 0.6 is 0 Å². The third-order valence-corrected chi connectivity index (χ3v) is 1.20. The summed E-state index contributed by atoms with van der Waals surface area (Å²) in [4.78, 5) is 6.14. The van der Waals surface area contributed by atoms with E-state index in [0.29, 0.717) is 5.92 Å². The fraction of sp³-hybridized carbons (Fsp3) is 0.625. The van der Waals surface area contributed by atoms with Crippen molar-refractivity contribution in [1.82, 2.24) is 4.90 Å². The van der Waals surface area contributed by atoms with Crippen molar-refractivity contribution in [3.63, 3.8) is 0 Å². The fourth-order valence-electron chi connectivity index (χ4n) is 0.874. The predicted molar refractivity (Wildman–Crippen MR) is 46.2 cm³/mol. The van der Waals surface area contributed by atoms with Crippen LogP contribution < -0.4 is 0 Å². The second-order valence-corrected chi connectivity index (χ2v) is 2.72. The van der Waals surface area contributed by atoms with E-state index in [-0.39, 0.29) is 0 Å². The first-order chi connectivity index (χ1) is 4.59. The minimum atomic E-state index is 0.466. The molecule has 0 aromatic rings. The molecule has 0 aliphatic carbocycles. The van der Waals surface area contributed by atoms with Gasteiger partial charge in [0.15, 0.2) is 0 Å². The second-order valence-electron chi connectivity index (χ2n) is 2.72. The molecule has 0 rings (SSSR count). The maximum Gasteiger partial charge on any atom is 0.106 e. The molecule has 0 heterocycles. The standard InChI is InChI=1S/C8H16N2/c1-6-9-8(7(2)3)10(4)5/h6-7H,1H2,2-5H3/b9-8-. The lowest BCUT2D eigenvalue weighted by Gasteiger charge is -2.17. The van der Waals surface area contributed by atoms with Crippen LogP contribution in [0.5, 0.6) is 0 Å². The van der Waals surface area contributed by atoms with E-state index >= 15 is 0 Å². The molecule has 0 saturated heterocycles. The van der Waals surface area contributed by atoms with Gasteiger partial charge in [-0.1, -0.05) is 20.4 Å². The number of nitrogens with zero attached hydrogens (tertiary/aromatic N) is 2. The van der Waals surface area contributed by atoms with Crippen molar-refractivity contribution in [1.29, 1.82) is 0 Å². The molecule has 10 heavy (non-hydrogen) atoms. The Morgan fingerprint density at radius 1 is 1.50 bits per heavy atom. The summed E-state index contributed by atoms with van der Waals surface area (Å²) in [5, 5.41) is 0. The van der Waals surface area contributed by atoms with E-state index < -0.39 is 0 Å². The molecular weight excluding hydrogens is 124 g/mol. The molecule has 0 aromatic carbocycles. The van der Waals surface area contributed by atoms with Crippen molar-refractivity contribution in [2.75, 3.05) is 14.1 Å². The van der Waals surface area contributed by atoms with Crippen molar-refractivity contribution < 1.29 is 0 Å². The monoisotopic (exact) mass is 140 g/mol. The smallest absolute Gasteiger partial charge is 0.106 e. The molecular formula is C8H16N2. The highest BCUT2D eigenvalue weighted by atomic mass is 15.1. The highest BCUT2D eigenvalue weighted by Crippen LogP contribution is 1.99. The van der Waals surface area contributed by atoms with Gasteiger partial charge in [0.1, 0.15) is 5.84 Å². The summed E-state index contributed by atoms with van der Waals surface area (Å²) >= 11 is 0. The van der Waals surface area contributed by atoms with Crippen LogP contribution in [0.25, 0.3) is 0 Å². The summed E-state index contributed by atoms with van der Waals surface area (Å²) in [5.74, 6) is 1.53. The summed E-state index contributed by atoms with van der Waals surface area (Å²) in [6.07, 6.45) is 1.58. The first-order valence-electron chi connectivity index (χ1n) is 3.45. The Morgan fingerprint density at radius 2 is 2.00 bits per heavy atom. The highest BCUT2D eigenvalue weighted by molar-refractivity contribution is 5.84. The van der Waals surface area contributed by atoms with E-state index in [2.05, 4.69) is 25.4 Å². The summed E-state index contributed by atoms with van der Waals surface area (Å²) in [5.41, 5.74) is 0. The number of hydrogen-bond acceptors (Lipinski definition) is 1. The SMILES string of the molecule is C=C/N=C(/C(C)C)N(C)C. The van der Waals surface area contributed by atoms with Gasteiger partial charge in [-0.3, -0.25) is 0 Å². The summed E-state index contributed by atoms with van der Waals surface area (Å²) in [6, 6.07) is 0. The molecule has 0 saturated carbocycles. The van der Waals surface area contributed by atoms with Gasteiger partial charge in [0, 0.05) is 26.2 Å². The maximum absolute atomic E-state index is 4.13. The predicted octanol–water partition coefficient (Wildman–Crippen LogP) is 1.75. The van der Waals surface area contributed by atoms with Crippen LogP contribution in [0.2, 0.25) is 0 Å². The third-order valence-electron chi connectivity index (χ3n) is 1.20. The van der Waals surface area contributed by atoms with Crippen molar-refractivity contribution >= 4 is 5.84 Å². The first kappa shape index (κ1) is 9.21. The van der Waals surface area contributed by atoms with Crippen molar-refractivity contribution in [2.45, 2.75) is 13.8 Å². The Bertz CT molecular complexity index is 124. The Kier molecular flexibility index (Phi) is 3.77. The van der Waals surface area contributed by atoms with E-state index in [1.165, 1.54) is 0 Å². The van der Waals surface area contributed by atoms with E-state index in [9.17, 15) is 0 Å². The summed E-state index contributed by atoms with van der Waals surface area (Å²) in [6.45, 7) is 7.78. The van der Waals surface area contributed by atoms with Crippen molar-refractivity contribution in [3.8, 4) is 0 Å². The number of amidine groups is 1. The molecule has 0 aromatic heterocycles.